The zero-order chi connectivity index (χ0) is 11.8. The maximum Gasteiger partial charge on any atom is 3.00 e. The third-order valence-electron chi connectivity index (χ3n) is 3.05. The topological polar surface area (TPSA) is 40.5 Å². The quantitative estimate of drug-likeness (QED) is 0.762. The van der Waals surface area contributed by atoms with Crippen LogP contribution in [0.1, 0.15) is 67.2 Å². The van der Waals surface area contributed by atoms with Crippen LogP contribution in [0.3, 0.4) is 0 Å². The van der Waals surface area contributed by atoms with Crippen LogP contribution < -0.4 is 0 Å². The van der Waals surface area contributed by atoms with Gasteiger partial charge in [-0.05, 0) is 39.5 Å². The van der Waals surface area contributed by atoms with E-state index in [-0.39, 0.29) is 17.1 Å². The monoisotopic (exact) mass is 260 g/mol. The van der Waals surface area contributed by atoms with E-state index in [0.29, 0.717) is 0 Å². The Kier molecular flexibility index (Phi) is 13.4. The number of hydrogen-bond donors (Lipinski definition) is 2. The van der Waals surface area contributed by atoms with Crippen molar-refractivity contribution in [3.8, 4) is 0 Å². The summed E-state index contributed by atoms with van der Waals surface area (Å²) in [7, 11) is 0. The number of hydrogen-bond acceptors (Lipinski definition) is 2. The molecule has 0 saturated heterocycles. The molecule has 0 saturated carbocycles. The summed E-state index contributed by atoms with van der Waals surface area (Å²) in [6.45, 7) is 11.7. The van der Waals surface area contributed by atoms with E-state index in [0.717, 1.165) is 25.7 Å². The van der Waals surface area contributed by atoms with Gasteiger partial charge in [-0.15, -0.1) is 0 Å². The zero-order valence-corrected chi connectivity index (χ0v) is 12.2. The van der Waals surface area contributed by atoms with Gasteiger partial charge in [0.05, 0.1) is 11.2 Å². The van der Waals surface area contributed by atoms with E-state index >= 15 is 0 Å². The molecule has 0 aromatic rings. The standard InChI is InChI=1S/2C6H14O.Fe/c2*1-4-6(3,7)5-2;/h2*7H,4-5H2,1-3H3;/q;;+3. The van der Waals surface area contributed by atoms with E-state index in [2.05, 4.69) is 0 Å². The summed E-state index contributed by atoms with van der Waals surface area (Å²) >= 11 is 0. The summed E-state index contributed by atoms with van der Waals surface area (Å²) in [5.41, 5.74) is -0.833. The fourth-order valence-electron chi connectivity index (χ4n) is 0.500. The Balaban J connectivity index is -0.000000180. The molecule has 0 aromatic carbocycles. The van der Waals surface area contributed by atoms with Crippen molar-refractivity contribution in [3.05, 3.63) is 0 Å². The molecule has 2 nitrogen and oxygen atoms in total. The molecule has 0 fully saturated rings. The third-order valence-corrected chi connectivity index (χ3v) is 3.05. The van der Waals surface area contributed by atoms with E-state index in [4.69, 9.17) is 10.2 Å². The average molecular weight is 260 g/mol. The van der Waals surface area contributed by atoms with Crippen LogP contribution in [-0.4, -0.2) is 21.4 Å². The molecule has 0 aliphatic carbocycles. The Bertz CT molecular complexity index is 106. The van der Waals surface area contributed by atoms with Gasteiger partial charge in [0, 0.05) is 0 Å². The molecule has 0 aliphatic heterocycles. The Morgan fingerprint density at radius 1 is 0.667 bits per heavy atom. The molecule has 0 aliphatic rings. The van der Waals surface area contributed by atoms with Gasteiger partial charge in [0.25, 0.3) is 0 Å². The fraction of sp³-hybridized carbons (Fsp3) is 1.00. The maximum atomic E-state index is 9.13. The number of aliphatic hydroxyl groups is 2. The first kappa shape index (κ1) is 20.8. The summed E-state index contributed by atoms with van der Waals surface area (Å²) in [6, 6.07) is 0. The maximum absolute atomic E-state index is 9.13. The molecule has 0 atom stereocenters. The average Bonchev–Trinajstić information content (AvgIpc) is 2.19. The van der Waals surface area contributed by atoms with Crippen molar-refractivity contribution in [2.45, 2.75) is 78.4 Å². The second kappa shape index (κ2) is 9.65. The Labute approximate surface area is 106 Å². The largest absolute Gasteiger partial charge is 3.00 e. The van der Waals surface area contributed by atoms with Gasteiger partial charge in [-0.1, -0.05) is 27.7 Å². The van der Waals surface area contributed by atoms with Gasteiger partial charge >= 0.3 is 17.1 Å². The van der Waals surface area contributed by atoms with E-state index in [1.807, 2.05) is 41.5 Å². The second-order valence-electron chi connectivity index (χ2n) is 4.41. The van der Waals surface area contributed by atoms with Crippen molar-refractivity contribution >= 4 is 0 Å². The first-order valence-electron chi connectivity index (χ1n) is 5.69. The minimum absolute atomic E-state index is 0. The van der Waals surface area contributed by atoms with Gasteiger partial charge in [0.15, 0.2) is 0 Å². The molecule has 93 valence electrons. The molecule has 0 aromatic heterocycles. The van der Waals surface area contributed by atoms with Crippen molar-refractivity contribution in [2.24, 2.45) is 0 Å². The predicted octanol–water partition coefficient (Wildman–Crippen LogP) is 3.11. The minimum atomic E-state index is -0.417. The zero-order valence-electron chi connectivity index (χ0n) is 11.1. The SMILES string of the molecule is CCC(C)(O)CC.CCC(C)(O)CC.[Fe+3]. The molecule has 0 heterocycles. The van der Waals surface area contributed by atoms with Crippen LogP contribution in [0.5, 0.6) is 0 Å². The smallest absolute Gasteiger partial charge is 0.390 e. The summed E-state index contributed by atoms with van der Waals surface area (Å²) in [5.74, 6) is 0. The van der Waals surface area contributed by atoms with Gasteiger partial charge in [0.2, 0.25) is 0 Å². The summed E-state index contributed by atoms with van der Waals surface area (Å²) in [6.07, 6.45) is 3.40. The third kappa shape index (κ3) is 14.4. The minimum Gasteiger partial charge on any atom is -0.390 e. The number of rotatable bonds is 4. The Hall–Kier alpha value is 0.439. The van der Waals surface area contributed by atoms with Crippen LogP contribution in [0, 0.1) is 0 Å². The van der Waals surface area contributed by atoms with E-state index < -0.39 is 11.2 Å². The predicted molar refractivity (Wildman–Crippen MR) is 62.4 cm³/mol. The summed E-state index contributed by atoms with van der Waals surface area (Å²) < 4.78 is 0. The molecule has 3 heteroatoms. The molecule has 0 spiro atoms. The van der Waals surface area contributed by atoms with Crippen LogP contribution in [0.4, 0.5) is 0 Å². The molecule has 0 amide bonds. The summed E-state index contributed by atoms with van der Waals surface area (Å²) in [4.78, 5) is 0. The van der Waals surface area contributed by atoms with Crippen molar-refractivity contribution in [1.29, 1.82) is 0 Å². The van der Waals surface area contributed by atoms with E-state index in [1.54, 1.807) is 0 Å². The van der Waals surface area contributed by atoms with Gasteiger partial charge < -0.3 is 10.2 Å². The molecule has 2 N–H and O–H groups in total. The first-order valence-corrected chi connectivity index (χ1v) is 5.69. The van der Waals surface area contributed by atoms with Crippen LogP contribution >= 0.6 is 0 Å². The van der Waals surface area contributed by atoms with Crippen LogP contribution in [0.15, 0.2) is 0 Å². The van der Waals surface area contributed by atoms with Crippen LogP contribution in [-0.2, 0) is 17.1 Å². The van der Waals surface area contributed by atoms with Gasteiger partial charge in [-0.25, -0.2) is 0 Å². The molecular weight excluding hydrogens is 232 g/mol. The van der Waals surface area contributed by atoms with Crippen LogP contribution in [0.2, 0.25) is 0 Å². The van der Waals surface area contributed by atoms with Crippen molar-refractivity contribution in [3.63, 3.8) is 0 Å². The van der Waals surface area contributed by atoms with Crippen molar-refractivity contribution in [1.82, 2.24) is 0 Å². The molecular formula is C12H28FeO2+3. The van der Waals surface area contributed by atoms with Crippen molar-refractivity contribution < 1.29 is 27.3 Å². The van der Waals surface area contributed by atoms with Gasteiger partial charge in [-0.3, -0.25) is 0 Å². The van der Waals surface area contributed by atoms with Gasteiger partial charge in [0.1, 0.15) is 0 Å². The van der Waals surface area contributed by atoms with Crippen LogP contribution in [0.25, 0.3) is 0 Å². The Morgan fingerprint density at radius 2 is 0.800 bits per heavy atom. The van der Waals surface area contributed by atoms with Crippen molar-refractivity contribution in [2.75, 3.05) is 0 Å². The molecule has 1 radical (unpaired) electrons. The fourth-order valence-corrected chi connectivity index (χ4v) is 0.500. The molecule has 0 unspecified atom stereocenters. The molecule has 0 rings (SSSR count). The molecule has 0 bridgehead atoms. The first-order chi connectivity index (χ1) is 6.24. The Morgan fingerprint density at radius 3 is 0.800 bits per heavy atom. The second-order valence-corrected chi connectivity index (χ2v) is 4.41. The summed E-state index contributed by atoms with van der Waals surface area (Å²) in [5, 5.41) is 18.3. The van der Waals surface area contributed by atoms with E-state index in [9.17, 15) is 0 Å². The van der Waals surface area contributed by atoms with E-state index in [1.165, 1.54) is 0 Å². The molecule has 15 heavy (non-hydrogen) atoms. The normalized spacial score (nSPS) is 11.2. The van der Waals surface area contributed by atoms with Gasteiger partial charge in [-0.2, -0.15) is 0 Å².